The molecular formula is C18H13ClO5. The second kappa shape index (κ2) is 6.76. The molecule has 0 fully saturated rings. The minimum Gasteiger partial charge on any atom is -0.496 e. The van der Waals surface area contributed by atoms with Crippen LogP contribution in [0.2, 0.25) is 5.02 Å². The molecule has 1 aromatic heterocycles. The summed E-state index contributed by atoms with van der Waals surface area (Å²) in [6.07, 6.45) is 0. The average molecular weight is 345 g/mol. The number of carbonyl (C=O) groups excluding carboxylic acids is 1. The van der Waals surface area contributed by atoms with Crippen LogP contribution in [0.5, 0.6) is 5.75 Å². The molecule has 0 saturated carbocycles. The van der Waals surface area contributed by atoms with Crippen LogP contribution >= 0.6 is 11.6 Å². The van der Waals surface area contributed by atoms with Gasteiger partial charge in [0.1, 0.15) is 17.9 Å². The van der Waals surface area contributed by atoms with E-state index < -0.39 is 5.97 Å². The number of hydrogen-bond acceptors (Lipinski definition) is 5. The Balaban J connectivity index is 1.84. The van der Waals surface area contributed by atoms with Crippen LogP contribution in [0, 0.1) is 0 Å². The molecule has 122 valence electrons. The molecule has 0 atom stereocenters. The summed E-state index contributed by atoms with van der Waals surface area (Å²) in [5.41, 5.74) is 0.627. The van der Waals surface area contributed by atoms with Crippen LogP contribution in [0.3, 0.4) is 0 Å². The third kappa shape index (κ3) is 3.26. The fraction of sp³-hybridized carbons (Fsp3) is 0.111. The summed E-state index contributed by atoms with van der Waals surface area (Å²) >= 11 is 5.86. The number of halogens is 1. The first-order chi connectivity index (χ1) is 11.6. The topological polar surface area (TPSA) is 65.7 Å². The lowest BCUT2D eigenvalue weighted by molar-refractivity contribution is 0.0434. The Morgan fingerprint density at radius 2 is 1.96 bits per heavy atom. The molecule has 24 heavy (non-hydrogen) atoms. The third-order valence-electron chi connectivity index (χ3n) is 3.44. The summed E-state index contributed by atoms with van der Waals surface area (Å²) < 4.78 is 15.8. The van der Waals surface area contributed by atoms with Gasteiger partial charge in [0.05, 0.1) is 12.5 Å². The Bertz CT molecular complexity index is 961. The zero-order valence-corrected chi connectivity index (χ0v) is 13.5. The van der Waals surface area contributed by atoms with E-state index in [4.69, 9.17) is 25.5 Å². The minimum absolute atomic E-state index is 0.00517. The van der Waals surface area contributed by atoms with Crippen molar-refractivity contribution in [1.29, 1.82) is 0 Å². The highest BCUT2D eigenvalue weighted by Gasteiger charge is 2.15. The lowest BCUT2D eigenvalue weighted by atomic mass is 10.2. The van der Waals surface area contributed by atoms with Crippen molar-refractivity contribution in [3.05, 3.63) is 75.1 Å². The van der Waals surface area contributed by atoms with E-state index in [1.807, 2.05) is 12.1 Å². The molecule has 0 aliphatic heterocycles. The van der Waals surface area contributed by atoms with Crippen LogP contribution in [0.1, 0.15) is 16.1 Å². The Morgan fingerprint density at radius 1 is 1.17 bits per heavy atom. The van der Waals surface area contributed by atoms with Crippen molar-refractivity contribution in [3.8, 4) is 5.75 Å². The predicted octanol–water partition coefficient (Wildman–Crippen LogP) is 3.81. The number of esters is 1. The summed E-state index contributed by atoms with van der Waals surface area (Å²) in [5, 5.41) is 0.727. The molecule has 0 saturated heterocycles. The first-order valence-corrected chi connectivity index (χ1v) is 7.48. The number of carbonyl (C=O) groups is 1. The quantitative estimate of drug-likeness (QED) is 0.673. The molecule has 0 radical (unpaired) electrons. The van der Waals surface area contributed by atoms with Gasteiger partial charge in [0.25, 0.3) is 0 Å². The molecule has 6 heteroatoms. The van der Waals surface area contributed by atoms with Gasteiger partial charge in [0.2, 0.25) is 5.76 Å². The Kier molecular flexibility index (Phi) is 4.53. The summed E-state index contributed by atoms with van der Waals surface area (Å²) in [6, 6.07) is 12.9. The molecule has 2 aromatic carbocycles. The lowest BCUT2D eigenvalue weighted by Crippen LogP contribution is -2.10. The molecule has 0 N–H and O–H groups in total. The molecular weight excluding hydrogens is 332 g/mol. The predicted molar refractivity (Wildman–Crippen MR) is 89.6 cm³/mol. The number of para-hydroxylation sites is 1. The molecule has 0 bridgehead atoms. The van der Waals surface area contributed by atoms with Gasteiger partial charge in [-0.3, -0.25) is 4.79 Å². The average Bonchev–Trinajstić information content (AvgIpc) is 2.60. The van der Waals surface area contributed by atoms with E-state index in [1.54, 1.807) is 18.2 Å². The molecule has 0 aliphatic carbocycles. The summed E-state index contributed by atoms with van der Waals surface area (Å²) in [4.78, 5) is 24.2. The van der Waals surface area contributed by atoms with Gasteiger partial charge in [0, 0.05) is 16.7 Å². The minimum atomic E-state index is -0.727. The molecule has 0 amide bonds. The molecule has 3 rings (SSSR count). The van der Waals surface area contributed by atoms with E-state index in [0.29, 0.717) is 21.7 Å². The van der Waals surface area contributed by atoms with Gasteiger partial charge in [-0.1, -0.05) is 29.8 Å². The van der Waals surface area contributed by atoms with Gasteiger partial charge in [-0.25, -0.2) is 4.79 Å². The maximum atomic E-state index is 12.2. The van der Waals surface area contributed by atoms with Crippen molar-refractivity contribution in [2.24, 2.45) is 0 Å². The third-order valence-corrected chi connectivity index (χ3v) is 3.68. The molecule has 3 aromatic rings. The van der Waals surface area contributed by atoms with Crippen molar-refractivity contribution in [1.82, 2.24) is 0 Å². The van der Waals surface area contributed by atoms with Gasteiger partial charge >= 0.3 is 5.97 Å². The Morgan fingerprint density at radius 3 is 2.75 bits per heavy atom. The molecule has 5 nitrogen and oxygen atoms in total. The smallest absolute Gasteiger partial charge is 0.374 e. The molecule has 0 unspecified atom stereocenters. The van der Waals surface area contributed by atoms with E-state index >= 15 is 0 Å². The fourth-order valence-electron chi connectivity index (χ4n) is 2.27. The van der Waals surface area contributed by atoms with Gasteiger partial charge in [0.15, 0.2) is 5.43 Å². The summed E-state index contributed by atoms with van der Waals surface area (Å²) in [6.45, 7) is 0.00517. The number of methoxy groups -OCH3 is 1. The Labute approximate surface area is 142 Å². The van der Waals surface area contributed by atoms with Crippen LogP contribution in [0.25, 0.3) is 11.0 Å². The van der Waals surface area contributed by atoms with E-state index in [-0.39, 0.29) is 23.4 Å². The van der Waals surface area contributed by atoms with Crippen LogP contribution in [0.15, 0.2) is 57.7 Å². The number of fused-ring (bicyclic) bond motifs is 1. The summed E-state index contributed by atoms with van der Waals surface area (Å²) in [7, 11) is 1.54. The van der Waals surface area contributed by atoms with Crippen LogP contribution in [0.4, 0.5) is 0 Å². The highest BCUT2D eigenvalue weighted by atomic mass is 35.5. The van der Waals surface area contributed by atoms with Crippen LogP contribution in [-0.2, 0) is 11.3 Å². The van der Waals surface area contributed by atoms with Crippen LogP contribution < -0.4 is 10.2 Å². The normalized spacial score (nSPS) is 10.6. The maximum absolute atomic E-state index is 12.2. The molecule has 0 spiro atoms. The first-order valence-electron chi connectivity index (χ1n) is 7.11. The SMILES string of the molecule is COc1ccccc1COC(=O)c1cc(=O)c2cc(Cl)ccc2o1. The van der Waals surface area contributed by atoms with E-state index in [1.165, 1.54) is 19.2 Å². The van der Waals surface area contributed by atoms with Gasteiger partial charge in [-0.2, -0.15) is 0 Å². The Hall–Kier alpha value is -2.79. The van der Waals surface area contributed by atoms with Crippen molar-refractivity contribution < 1.29 is 18.7 Å². The number of rotatable bonds is 4. The second-order valence-corrected chi connectivity index (χ2v) is 5.44. The van der Waals surface area contributed by atoms with E-state index in [2.05, 4.69) is 0 Å². The van der Waals surface area contributed by atoms with E-state index in [9.17, 15) is 9.59 Å². The lowest BCUT2D eigenvalue weighted by Gasteiger charge is -2.09. The largest absolute Gasteiger partial charge is 0.496 e. The molecule has 0 aliphatic rings. The maximum Gasteiger partial charge on any atom is 0.374 e. The zero-order chi connectivity index (χ0) is 17.1. The van der Waals surface area contributed by atoms with Crippen LogP contribution in [-0.4, -0.2) is 13.1 Å². The number of hydrogen-bond donors (Lipinski definition) is 0. The standard InChI is InChI=1S/C18H13ClO5/c1-22-15-5-3-2-4-11(15)10-23-18(21)17-9-14(20)13-8-12(19)6-7-16(13)24-17/h2-9H,10H2,1H3. The highest BCUT2D eigenvalue weighted by Crippen LogP contribution is 2.20. The van der Waals surface area contributed by atoms with Gasteiger partial charge < -0.3 is 13.9 Å². The highest BCUT2D eigenvalue weighted by molar-refractivity contribution is 6.31. The first kappa shape index (κ1) is 16.1. The van der Waals surface area contributed by atoms with Gasteiger partial charge in [-0.05, 0) is 24.3 Å². The number of benzene rings is 2. The van der Waals surface area contributed by atoms with Crippen molar-refractivity contribution >= 4 is 28.5 Å². The number of ether oxygens (including phenoxy) is 2. The second-order valence-electron chi connectivity index (χ2n) is 5.00. The van der Waals surface area contributed by atoms with Gasteiger partial charge in [-0.15, -0.1) is 0 Å². The monoisotopic (exact) mass is 344 g/mol. The fourth-order valence-corrected chi connectivity index (χ4v) is 2.44. The molecule has 1 heterocycles. The summed E-state index contributed by atoms with van der Waals surface area (Å²) in [5.74, 6) is -0.278. The van der Waals surface area contributed by atoms with Crippen molar-refractivity contribution in [2.45, 2.75) is 6.61 Å². The zero-order valence-electron chi connectivity index (χ0n) is 12.7. The van der Waals surface area contributed by atoms with Crippen molar-refractivity contribution in [3.63, 3.8) is 0 Å². The van der Waals surface area contributed by atoms with Crippen molar-refractivity contribution in [2.75, 3.05) is 7.11 Å². The van der Waals surface area contributed by atoms with E-state index in [0.717, 1.165) is 6.07 Å².